The van der Waals surface area contributed by atoms with E-state index >= 15 is 0 Å². The normalized spacial score (nSPS) is 14.0. The van der Waals surface area contributed by atoms with Gasteiger partial charge in [0.2, 0.25) is 5.75 Å². The van der Waals surface area contributed by atoms with Crippen molar-refractivity contribution in [1.82, 2.24) is 9.97 Å². The van der Waals surface area contributed by atoms with Crippen LogP contribution in [-0.2, 0) is 0 Å². The third kappa shape index (κ3) is 2.12. The van der Waals surface area contributed by atoms with Crippen LogP contribution >= 0.6 is 0 Å². The molecule has 6 nitrogen and oxygen atoms in total. The first-order chi connectivity index (χ1) is 11.6. The first-order valence-corrected chi connectivity index (χ1v) is 7.62. The van der Waals surface area contributed by atoms with Crippen LogP contribution in [-0.4, -0.2) is 40.4 Å². The van der Waals surface area contributed by atoms with Gasteiger partial charge in [-0.3, -0.25) is 0 Å². The fraction of sp³-hybridized carbons (Fsp3) is 0.235. The standard InChI is InChI=1S/C17H16FN3O3/c1-24-13-8-10(14(18)16(23)15(13)22)17-19-11-4-3-9(7-12(11)20-17)21-5-2-6-21/h3-4,7-8,22-23H,2,5-6H2,1H3,(H,19,20). The molecule has 1 aliphatic rings. The predicted octanol–water partition coefficient (Wildman–Crippen LogP) is 3.00. The van der Waals surface area contributed by atoms with Crippen molar-refractivity contribution in [2.45, 2.75) is 6.42 Å². The third-order valence-corrected chi connectivity index (χ3v) is 4.34. The van der Waals surface area contributed by atoms with Gasteiger partial charge in [0.25, 0.3) is 0 Å². The highest BCUT2D eigenvalue weighted by Crippen LogP contribution is 2.42. The molecule has 1 saturated heterocycles. The molecule has 0 amide bonds. The number of aromatic nitrogens is 2. The summed E-state index contributed by atoms with van der Waals surface area (Å²) in [5.74, 6) is -2.20. The van der Waals surface area contributed by atoms with Crippen LogP contribution in [0.1, 0.15) is 6.42 Å². The second kappa shape index (κ2) is 5.30. The topological polar surface area (TPSA) is 81.6 Å². The molecule has 7 heteroatoms. The van der Waals surface area contributed by atoms with Gasteiger partial charge in [0.1, 0.15) is 5.82 Å². The van der Waals surface area contributed by atoms with Crippen molar-refractivity contribution in [3.8, 4) is 28.6 Å². The maximum absolute atomic E-state index is 14.3. The zero-order valence-corrected chi connectivity index (χ0v) is 13.0. The zero-order valence-electron chi connectivity index (χ0n) is 13.0. The summed E-state index contributed by atoms with van der Waals surface area (Å²) >= 11 is 0. The Morgan fingerprint density at radius 1 is 1.21 bits per heavy atom. The summed E-state index contributed by atoms with van der Waals surface area (Å²) in [6.45, 7) is 2.06. The minimum absolute atomic E-state index is 0.0226. The van der Waals surface area contributed by atoms with Crippen molar-refractivity contribution in [3.63, 3.8) is 0 Å². The highest BCUT2D eigenvalue weighted by molar-refractivity contribution is 5.83. The van der Waals surface area contributed by atoms with Crippen LogP contribution in [0.4, 0.5) is 10.1 Å². The maximum Gasteiger partial charge on any atom is 0.203 e. The van der Waals surface area contributed by atoms with Crippen LogP contribution < -0.4 is 9.64 Å². The van der Waals surface area contributed by atoms with E-state index in [4.69, 9.17) is 4.74 Å². The molecule has 1 fully saturated rings. The van der Waals surface area contributed by atoms with Gasteiger partial charge in [0, 0.05) is 18.8 Å². The van der Waals surface area contributed by atoms with Crippen molar-refractivity contribution in [1.29, 1.82) is 0 Å². The number of imidazole rings is 1. The average molecular weight is 329 g/mol. The number of fused-ring (bicyclic) bond motifs is 1. The quantitative estimate of drug-likeness (QED) is 0.644. The summed E-state index contributed by atoms with van der Waals surface area (Å²) in [5, 5.41) is 19.4. The van der Waals surface area contributed by atoms with E-state index in [2.05, 4.69) is 14.9 Å². The number of H-pyrrole nitrogens is 1. The Morgan fingerprint density at radius 2 is 2.00 bits per heavy atom. The summed E-state index contributed by atoms with van der Waals surface area (Å²) in [5.41, 5.74) is 2.60. The molecule has 0 atom stereocenters. The molecule has 1 aliphatic heterocycles. The molecule has 3 N–H and O–H groups in total. The SMILES string of the molecule is COc1cc(-c2nc3ccc(N4CCC4)cc3[nH]2)c(F)c(O)c1O. The first-order valence-electron chi connectivity index (χ1n) is 7.62. The summed E-state index contributed by atoms with van der Waals surface area (Å²) < 4.78 is 19.3. The molecular formula is C17H16FN3O3. The number of halogens is 1. The van der Waals surface area contributed by atoms with Crippen LogP contribution in [0.5, 0.6) is 17.2 Å². The second-order valence-corrected chi connectivity index (χ2v) is 5.77. The van der Waals surface area contributed by atoms with Gasteiger partial charge in [-0.2, -0.15) is 0 Å². The molecule has 124 valence electrons. The number of rotatable bonds is 3. The number of aromatic amines is 1. The van der Waals surface area contributed by atoms with Gasteiger partial charge in [-0.1, -0.05) is 0 Å². The summed E-state index contributed by atoms with van der Waals surface area (Å²) in [7, 11) is 1.33. The minimum atomic E-state index is -0.949. The Morgan fingerprint density at radius 3 is 2.67 bits per heavy atom. The number of hydrogen-bond acceptors (Lipinski definition) is 5. The van der Waals surface area contributed by atoms with E-state index in [1.165, 1.54) is 19.6 Å². The van der Waals surface area contributed by atoms with E-state index in [1.54, 1.807) is 0 Å². The lowest BCUT2D eigenvalue weighted by molar-refractivity contribution is 0.340. The molecule has 0 aliphatic carbocycles. The number of methoxy groups -OCH3 is 1. The third-order valence-electron chi connectivity index (χ3n) is 4.34. The number of benzene rings is 2. The molecule has 3 aromatic rings. The van der Waals surface area contributed by atoms with Gasteiger partial charge in [-0.25, -0.2) is 9.37 Å². The lowest BCUT2D eigenvalue weighted by Gasteiger charge is -2.33. The van der Waals surface area contributed by atoms with Gasteiger partial charge >= 0.3 is 0 Å². The molecule has 0 saturated carbocycles. The van der Waals surface area contributed by atoms with Crippen molar-refractivity contribution < 1.29 is 19.3 Å². The molecule has 0 radical (unpaired) electrons. The average Bonchev–Trinajstić information content (AvgIpc) is 2.94. The number of hydrogen-bond donors (Lipinski definition) is 3. The number of phenols is 2. The predicted molar refractivity (Wildman–Crippen MR) is 88.2 cm³/mol. The van der Waals surface area contributed by atoms with Crippen molar-refractivity contribution in [3.05, 3.63) is 30.1 Å². The Bertz CT molecular complexity index is 934. The Balaban J connectivity index is 1.83. The summed E-state index contributed by atoms with van der Waals surface area (Å²) in [6, 6.07) is 7.13. The molecule has 1 aromatic heterocycles. The zero-order chi connectivity index (χ0) is 16.8. The van der Waals surface area contributed by atoms with E-state index < -0.39 is 17.3 Å². The maximum atomic E-state index is 14.3. The highest BCUT2D eigenvalue weighted by atomic mass is 19.1. The molecular weight excluding hydrogens is 313 g/mol. The number of phenolic OH excluding ortho intramolecular Hbond substituents is 2. The lowest BCUT2D eigenvalue weighted by Crippen LogP contribution is -2.36. The molecule has 0 unspecified atom stereocenters. The Hall–Kier alpha value is -2.96. The van der Waals surface area contributed by atoms with E-state index in [0.29, 0.717) is 5.52 Å². The fourth-order valence-electron chi connectivity index (χ4n) is 2.84. The van der Waals surface area contributed by atoms with Crippen molar-refractivity contribution in [2.24, 2.45) is 0 Å². The van der Waals surface area contributed by atoms with Crippen LogP contribution in [0, 0.1) is 5.82 Å². The van der Waals surface area contributed by atoms with E-state index in [-0.39, 0.29) is 17.1 Å². The van der Waals surface area contributed by atoms with Gasteiger partial charge in [-0.15, -0.1) is 0 Å². The minimum Gasteiger partial charge on any atom is -0.502 e. The molecule has 2 heterocycles. The largest absolute Gasteiger partial charge is 0.502 e. The van der Waals surface area contributed by atoms with Gasteiger partial charge < -0.3 is 24.8 Å². The van der Waals surface area contributed by atoms with Gasteiger partial charge in [-0.05, 0) is 30.7 Å². The summed E-state index contributed by atoms with van der Waals surface area (Å²) in [4.78, 5) is 9.69. The van der Waals surface area contributed by atoms with E-state index in [0.717, 1.165) is 24.3 Å². The number of ether oxygens (including phenoxy) is 1. The molecule has 0 bridgehead atoms. The Labute approximate surface area is 137 Å². The lowest BCUT2D eigenvalue weighted by atomic mass is 10.1. The number of nitrogens with one attached hydrogen (secondary N) is 1. The van der Waals surface area contributed by atoms with Crippen LogP contribution in [0.3, 0.4) is 0 Å². The van der Waals surface area contributed by atoms with E-state index in [1.807, 2.05) is 18.2 Å². The van der Waals surface area contributed by atoms with Crippen LogP contribution in [0.2, 0.25) is 0 Å². The second-order valence-electron chi connectivity index (χ2n) is 5.77. The van der Waals surface area contributed by atoms with E-state index in [9.17, 15) is 14.6 Å². The highest BCUT2D eigenvalue weighted by Gasteiger charge is 2.21. The molecule has 0 spiro atoms. The van der Waals surface area contributed by atoms with Gasteiger partial charge in [0.15, 0.2) is 17.3 Å². The summed E-state index contributed by atoms with van der Waals surface area (Å²) in [6.07, 6.45) is 1.18. The van der Waals surface area contributed by atoms with Crippen LogP contribution in [0.25, 0.3) is 22.4 Å². The fourth-order valence-corrected chi connectivity index (χ4v) is 2.84. The number of nitrogens with zero attached hydrogens (tertiary/aromatic N) is 2. The van der Waals surface area contributed by atoms with Gasteiger partial charge in [0.05, 0.1) is 23.7 Å². The first kappa shape index (κ1) is 14.6. The van der Waals surface area contributed by atoms with Crippen LogP contribution in [0.15, 0.2) is 24.3 Å². The van der Waals surface area contributed by atoms with Crippen molar-refractivity contribution in [2.75, 3.05) is 25.1 Å². The molecule has 24 heavy (non-hydrogen) atoms. The molecule has 2 aromatic carbocycles. The molecule has 4 rings (SSSR count). The van der Waals surface area contributed by atoms with Crippen molar-refractivity contribution >= 4 is 16.7 Å². The number of anilines is 1. The Kier molecular flexibility index (Phi) is 3.23. The number of aromatic hydroxyl groups is 2. The smallest absolute Gasteiger partial charge is 0.203 e. The monoisotopic (exact) mass is 329 g/mol.